The molecule has 1 unspecified atom stereocenters. The van der Waals surface area contributed by atoms with Gasteiger partial charge in [0, 0.05) is 37.5 Å². The van der Waals surface area contributed by atoms with E-state index in [1.807, 2.05) is 6.07 Å². The Kier molecular flexibility index (Phi) is 5.81. The van der Waals surface area contributed by atoms with E-state index in [0.717, 1.165) is 0 Å². The lowest BCUT2D eigenvalue weighted by Gasteiger charge is -2.20. The summed E-state index contributed by atoms with van der Waals surface area (Å²) in [5, 5.41) is 2.76. The molecule has 35 heavy (non-hydrogen) atoms. The van der Waals surface area contributed by atoms with Crippen molar-refractivity contribution in [1.29, 1.82) is 0 Å². The zero-order chi connectivity index (χ0) is 24.6. The first-order chi connectivity index (χ1) is 16.8. The minimum absolute atomic E-state index is 0.0473. The number of hydrogen-bond donors (Lipinski definition) is 1. The van der Waals surface area contributed by atoms with Crippen LogP contribution in [-0.4, -0.2) is 40.6 Å². The van der Waals surface area contributed by atoms with Gasteiger partial charge in [0.25, 0.3) is 10.0 Å². The Morgan fingerprint density at radius 1 is 1.00 bits per heavy atom. The molecule has 0 aliphatic carbocycles. The molecular formula is C25H23N3O6S. The molecule has 2 aliphatic rings. The van der Waals surface area contributed by atoms with Crippen LogP contribution < -0.4 is 24.0 Å². The van der Waals surface area contributed by atoms with E-state index in [-0.39, 0.29) is 36.5 Å². The van der Waals surface area contributed by atoms with Gasteiger partial charge in [-0.15, -0.1) is 0 Å². The van der Waals surface area contributed by atoms with Crippen LogP contribution in [0.15, 0.2) is 77.7 Å². The summed E-state index contributed by atoms with van der Waals surface area (Å²) < 4.78 is 38.1. The zero-order valence-corrected chi connectivity index (χ0v) is 19.7. The first-order valence-electron chi connectivity index (χ1n) is 11.0. The number of rotatable bonds is 6. The fourth-order valence-corrected chi connectivity index (χ4v) is 5.34. The standard InChI is InChI=1S/C25H23N3O6S/c1-27(19-7-3-2-4-8-19)35(31,32)21-9-5-6-18(13-21)26-25(30)17-12-24(29)28(15-17)20-10-11-22-23(14-20)34-16-33-22/h2-11,13-14,17H,12,15-16H2,1H3,(H,26,30). The molecule has 2 aliphatic heterocycles. The van der Waals surface area contributed by atoms with Gasteiger partial charge in [0.05, 0.1) is 16.5 Å². The minimum atomic E-state index is -3.83. The van der Waals surface area contributed by atoms with Crippen LogP contribution in [0.1, 0.15) is 6.42 Å². The first-order valence-corrected chi connectivity index (χ1v) is 12.4. The van der Waals surface area contributed by atoms with Crippen LogP contribution in [0, 0.1) is 5.92 Å². The highest BCUT2D eigenvalue weighted by Gasteiger charge is 2.36. The molecule has 180 valence electrons. The van der Waals surface area contributed by atoms with Gasteiger partial charge < -0.3 is 19.7 Å². The molecule has 1 N–H and O–H groups in total. The average molecular weight is 494 g/mol. The predicted octanol–water partition coefficient (Wildman–Crippen LogP) is 3.23. The Balaban J connectivity index is 1.29. The van der Waals surface area contributed by atoms with Gasteiger partial charge in [-0.25, -0.2) is 8.42 Å². The molecule has 0 bridgehead atoms. The fraction of sp³-hybridized carbons (Fsp3) is 0.200. The maximum Gasteiger partial charge on any atom is 0.264 e. The van der Waals surface area contributed by atoms with E-state index < -0.39 is 15.9 Å². The van der Waals surface area contributed by atoms with Crippen LogP contribution in [-0.2, 0) is 19.6 Å². The number of benzene rings is 3. The number of anilines is 3. The normalized spacial score (nSPS) is 16.9. The van der Waals surface area contributed by atoms with Crippen LogP contribution in [0.5, 0.6) is 11.5 Å². The number of carbonyl (C=O) groups excluding carboxylic acids is 2. The maximum atomic E-state index is 13.1. The van der Waals surface area contributed by atoms with E-state index in [9.17, 15) is 18.0 Å². The van der Waals surface area contributed by atoms with Gasteiger partial charge in [0.2, 0.25) is 18.6 Å². The number of sulfonamides is 1. The van der Waals surface area contributed by atoms with Crippen LogP contribution in [0.4, 0.5) is 17.1 Å². The van der Waals surface area contributed by atoms with Gasteiger partial charge in [0.1, 0.15) is 0 Å². The average Bonchev–Trinajstić information content (AvgIpc) is 3.50. The number of amides is 2. The number of ether oxygens (including phenoxy) is 2. The summed E-state index contributed by atoms with van der Waals surface area (Å²) in [6, 6.07) is 20.0. The number of para-hydroxylation sites is 1. The largest absolute Gasteiger partial charge is 0.454 e. The molecule has 0 spiro atoms. The molecule has 1 atom stereocenters. The van der Waals surface area contributed by atoms with Crippen molar-refractivity contribution in [3.05, 3.63) is 72.8 Å². The van der Waals surface area contributed by atoms with Gasteiger partial charge in [-0.05, 0) is 42.5 Å². The zero-order valence-electron chi connectivity index (χ0n) is 18.9. The molecule has 2 heterocycles. The highest BCUT2D eigenvalue weighted by atomic mass is 32.2. The quantitative estimate of drug-likeness (QED) is 0.565. The molecule has 1 fully saturated rings. The van der Waals surface area contributed by atoms with Gasteiger partial charge in [-0.3, -0.25) is 13.9 Å². The lowest BCUT2D eigenvalue weighted by Crippen LogP contribution is -2.28. The van der Waals surface area contributed by atoms with Gasteiger partial charge in [-0.2, -0.15) is 0 Å². The highest BCUT2D eigenvalue weighted by molar-refractivity contribution is 7.92. The molecule has 5 rings (SSSR count). The molecule has 3 aromatic carbocycles. The number of carbonyl (C=O) groups is 2. The summed E-state index contributed by atoms with van der Waals surface area (Å²) in [4.78, 5) is 27.2. The lowest BCUT2D eigenvalue weighted by molar-refractivity contribution is -0.122. The van der Waals surface area contributed by atoms with E-state index in [1.165, 1.54) is 23.5 Å². The summed E-state index contributed by atoms with van der Waals surface area (Å²) in [7, 11) is -2.35. The Hall–Kier alpha value is -4.05. The first kappa shape index (κ1) is 22.7. The van der Waals surface area contributed by atoms with E-state index >= 15 is 0 Å². The summed E-state index contributed by atoms with van der Waals surface area (Å²) in [6.45, 7) is 0.340. The van der Waals surface area contributed by atoms with Gasteiger partial charge >= 0.3 is 0 Å². The van der Waals surface area contributed by atoms with E-state index in [1.54, 1.807) is 59.5 Å². The third-order valence-electron chi connectivity index (χ3n) is 6.04. The van der Waals surface area contributed by atoms with Crippen molar-refractivity contribution in [3.63, 3.8) is 0 Å². The fourth-order valence-electron chi connectivity index (χ4n) is 4.10. The van der Waals surface area contributed by atoms with Gasteiger partial charge in [-0.1, -0.05) is 24.3 Å². The smallest absolute Gasteiger partial charge is 0.264 e. The monoisotopic (exact) mass is 493 g/mol. The molecule has 10 heteroatoms. The SMILES string of the molecule is CN(c1ccccc1)S(=O)(=O)c1cccc(NC(=O)C2CC(=O)N(c3ccc4c(c3)OCO4)C2)c1. The Morgan fingerprint density at radius 3 is 2.57 bits per heavy atom. The topological polar surface area (TPSA) is 105 Å². The van der Waals surface area contributed by atoms with Crippen molar-refractivity contribution in [2.45, 2.75) is 11.3 Å². The van der Waals surface area contributed by atoms with Crippen molar-refractivity contribution in [2.75, 3.05) is 34.9 Å². The van der Waals surface area contributed by atoms with Crippen LogP contribution in [0.2, 0.25) is 0 Å². The van der Waals surface area contributed by atoms with Crippen molar-refractivity contribution in [2.24, 2.45) is 5.92 Å². The number of nitrogens with one attached hydrogen (secondary N) is 1. The van der Waals surface area contributed by atoms with E-state index in [0.29, 0.717) is 28.6 Å². The van der Waals surface area contributed by atoms with Crippen molar-refractivity contribution < 1.29 is 27.5 Å². The lowest BCUT2D eigenvalue weighted by atomic mass is 10.1. The summed E-state index contributed by atoms with van der Waals surface area (Å²) in [5.74, 6) is 0.0571. The molecule has 0 aromatic heterocycles. The second-order valence-electron chi connectivity index (χ2n) is 8.27. The predicted molar refractivity (Wildman–Crippen MR) is 130 cm³/mol. The van der Waals surface area contributed by atoms with Crippen molar-refractivity contribution >= 4 is 38.9 Å². The molecule has 9 nitrogen and oxygen atoms in total. The Morgan fingerprint density at radius 2 is 1.77 bits per heavy atom. The second-order valence-corrected chi connectivity index (χ2v) is 10.2. The summed E-state index contributed by atoms with van der Waals surface area (Å²) in [6.07, 6.45) is 0.0506. The highest BCUT2D eigenvalue weighted by Crippen LogP contribution is 2.37. The van der Waals surface area contributed by atoms with E-state index in [4.69, 9.17) is 9.47 Å². The molecule has 0 saturated carbocycles. The van der Waals surface area contributed by atoms with Gasteiger partial charge in [0.15, 0.2) is 11.5 Å². The molecule has 3 aromatic rings. The van der Waals surface area contributed by atoms with Crippen LogP contribution >= 0.6 is 0 Å². The third kappa shape index (κ3) is 4.40. The minimum Gasteiger partial charge on any atom is -0.454 e. The summed E-state index contributed by atoms with van der Waals surface area (Å²) in [5.41, 5.74) is 1.49. The molecular weight excluding hydrogens is 470 g/mol. The molecule has 1 saturated heterocycles. The number of hydrogen-bond acceptors (Lipinski definition) is 6. The second kappa shape index (κ2) is 8.95. The van der Waals surface area contributed by atoms with Crippen molar-refractivity contribution in [1.82, 2.24) is 0 Å². The Bertz CT molecular complexity index is 1390. The number of fused-ring (bicyclic) bond motifs is 1. The Labute approximate surface area is 202 Å². The van der Waals surface area contributed by atoms with E-state index in [2.05, 4.69) is 5.32 Å². The molecule has 0 radical (unpaired) electrons. The van der Waals surface area contributed by atoms with Crippen molar-refractivity contribution in [3.8, 4) is 11.5 Å². The number of nitrogens with zero attached hydrogens (tertiary/aromatic N) is 2. The molecule has 2 amide bonds. The van der Waals surface area contributed by atoms with Crippen LogP contribution in [0.3, 0.4) is 0 Å². The maximum absolute atomic E-state index is 13.1. The third-order valence-corrected chi connectivity index (χ3v) is 7.82. The van der Waals surface area contributed by atoms with Crippen LogP contribution in [0.25, 0.3) is 0 Å². The summed E-state index contributed by atoms with van der Waals surface area (Å²) >= 11 is 0.